The molecule has 0 atom stereocenters. The van der Waals surface area contributed by atoms with Crippen molar-refractivity contribution < 1.29 is 22.7 Å². The van der Waals surface area contributed by atoms with E-state index in [0.717, 1.165) is 12.1 Å². The number of hydrogen-bond donors (Lipinski definition) is 1. The van der Waals surface area contributed by atoms with Crippen LogP contribution >= 0.6 is 0 Å². The number of alkyl halides is 3. The van der Waals surface area contributed by atoms with Crippen LogP contribution in [0, 0.1) is 0 Å². The highest BCUT2D eigenvalue weighted by Crippen LogP contribution is 2.24. The molecule has 1 aromatic carbocycles. The number of ether oxygens (including phenoxy) is 1. The van der Waals surface area contributed by atoms with E-state index in [1.54, 1.807) is 35.3 Å². The Labute approximate surface area is 139 Å². The summed E-state index contributed by atoms with van der Waals surface area (Å²) in [6.45, 7) is 0. The van der Waals surface area contributed by atoms with Crippen LogP contribution in [0.3, 0.4) is 0 Å². The van der Waals surface area contributed by atoms with Crippen LogP contribution in [0.4, 0.5) is 18.9 Å². The van der Waals surface area contributed by atoms with Crippen molar-refractivity contribution in [1.82, 2.24) is 14.8 Å². The van der Waals surface area contributed by atoms with E-state index in [1.165, 1.54) is 18.3 Å². The summed E-state index contributed by atoms with van der Waals surface area (Å²) in [6, 6.07) is 9.79. The normalized spacial score (nSPS) is 11.2. The molecule has 0 saturated heterocycles. The van der Waals surface area contributed by atoms with Crippen LogP contribution in [0.1, 0.15) is 10.4 Å². The van der Waals surface area contributed by atoms with Gasteiger partial charge < -0.3 is 10.1 Å². The maximum Gasteiger partial charge on any atom is 0.573 e. The van der Waals surface area contributed by atoms with E-state index in [1.807, 2.05) is 0 Å². The summed E-state index contributed by atoms with van der Waals surface area (Å²) in [7, 11) is 0. The average molecular weight is 348 g/mol. The number of carbonyl (C=O) groups excluding carboxylic acids is 1. The molecule has 1 amide bonds. The van der Waals surface area contributed by atoms with E-state index in [0.29, 0.717) is 17.1 Å². The Morgan fingerprint density at radius 1 is 1.12 bits per heavy atom. The van der Waals surface area contributed by atoms with Gasteiger partial charge in [-0.05, 0) is 42.5 Å². The second-order valence-corrected chi connectivity index (χ2v) is 4.88. The van der Waals surface area contributed by atoms with Crippen molar-refractivity contribution in [1.29, 1.82) is 0 Å². The van der Waals surface area contributed by atoms with Crippen molar-refractivity contribution >= 4 is 11.6 Å². The van der Waals surface area contributed by atoms with Crippen molar-refractivity contribution in [2.45, 2.75) is 6.36 Å². The third kappa shape index (κ3) is 4.34. The summed E-state index contributed by atoms with van der Waals surface area (Å²) in [6.07, 6.45) is -0.0542. The third-order valence-electron chi connectivity index (χ3n) is 3.09. The number of nitrogens with one attached hydrogen (secondary N) is 1. The molecule has 0 aliphatic carbocycles. The Kier molecular flexibility index (Phi) is 4.38. The van der Waals surface area contributed by atoms with Gasteiger partial charge in [0, 0.05) is 24.3 Å². The van der Waals surface area contributed by atoms with Gasteiger partial charge in [-0.25, -0.2) is 9.67 Å². The smallest absolute Gasteiger partial charge is 0.406 e. The molecule has 0 bridgehead atoms. The standard InChI is InChI=1S/C16H11F3N4O2/c17-16(18,19)25-13-5-3-12(4-6-13)22-15(24)11-2-7-14(20-10-11)23-9-1-8-21-23/h1-10H,(H,22,24). The number of benzene rings is 1. The number of nitrogens with zero attached hydrogens (tertiary/aromatic N) is 3. The molecule has 3 rings (SSSR count). The largest absolute Gasteiger partial charge is 0.573 e. The Balaban J connectivity index is 1.66. The van der Waals surface area contributed by atoms with Crippen molar-refractivity contribution in [3.8, 4) is 11.6 Å². The summed E-state index contributed by atoms with van der Waals surface area (Å²) < 4.78 is 41.6. The number of halogens is 3. The van der Waals surface area contributed by atoms with Gasteiger partial charge in [0.25, 0.3) is 5.91 Å². The van der Waals surface area contributed by atoms with Gasteiger partial charge in [-0.3, -0.25) is 4.79 Å². The lowest BCUT2D eigenvalue weighted by Crippen LogP contribution is -2.17. The summed E-state index contributed by atoms with van der Waals surface area (Å²) in [5, 5.41) is 6.59. The minimum absolute atomic E-state index is 0.298. The first-order valence-corrected chi connectivity index (χ1v) is 7.04. The number of amides is 1. The molecule has 3 aromatic rings. The van der Waals surface area contributed by atoms with Crippen molar-refractivity contribution in [3.05, 3.63) is 66.6 Å². The molecule has 25 heavy (non-hydrogen) atoms. The molecule has 0 fully saturated rings. The minimum Gasteiger partial charge on any atom is -0.406 e. The van der Waals surface area contributed by atoms with Crippen LogP contribution in [0.5, 0.6) is 5.75 Å². The van der Waals surface area contributed by atoms with Gasteiger partial charge in [-0.1, -0.05) is 0 Å². The molecule has 2 aromatic heterocycles. The third-order valence-corrected chi connectivity index (χ3v) is 3.09. The van der Waals surface area contributed by atoms with Gasteiger partial charge in [0.2, 0.25) is 0 Å². The number of pyridine rings is 1. The monoisotopic (exact) mass is 348 g/mol. The van der Waals surface area contributed by atoms with E-state index in [2.05, 4.69) is 20.1 Å². The summed E-state index contributed by atoms with van der Waals surface area (Å²) in [5.74, 6) is -0.255. The van der Waals surface area contributed by atoms with Crippen molar-refractivity contribution in [2.24, 2.45) is 0 Å². The van der Waals surface area contributed by atoms with E-state index in [9.17, 15) is 18.0 Å². The average Bonchev–Trinajstić information content (AvgIpc) is 3.10. The highest BCUT2D eigenvalue weighted by atomic mass is 19.4. The topological polar surface area (TPSA) is 69.0 Å². The van der Waals surface area contributed by atoms with E-state index < -0.39 is 12.3 Å². The van der Waals surface area contributed by atoms with Gasteiger partial charge in [0.15, 0.2) is 5.82 Å². The molecule has 0 unspecified atom stereocenters. The molecule has 2 heterocycles. The predicted octanol–water partition coefficient (Wildman–Crippen LogP) is 3.42. The van der Waals surface area contributed by atoms with Crippen LogP contribution < -0.4 is 10.1 Å². The number of anilines is 1. The number of aromatic nitrogens is 3. The quantitative estimate of drug-likeness (QED) is 0.784. The molecular weight excluding hydrogens is 337 g/mol. The molecule has 0 saturated carbocycles. The first-order valence-electron chi connectivity index (χ1n) is 7.04. The molecule has 0 radical (unpaired) electrons. The number of hydrogen-bond acceptors (Lipinski definition) is 4. The number of rotatable bonds is 4. The Morgan fingerprint density at radius 2 is 1.88 bits per heavy atom. The second kappa shape index (κ2) is 6.63. The Hall–Kier alpha value is -3.36. The van der Waals surface area contributed by atoms with Crippen LogP contribution in [0.2, 0.25) is 0 Å². The fourth-order valence-corrected chi connectivity index (χ4v) is 2.00. The molecule has 128 valence electrons. The summed E-state index contributed by atoms with van der Waals surface area (Å²) in [5.41, 5.74) is 0.627. The van der Waals surface area contributed by atoms with Crippen molar-refractivity contribution in [2.75, 3.05) is 5.32 Å². The first kappa shape index (κ1) is 16.5. The van der Waals surface area contributed by atoms with Crippen LogP contribution in [-0.2, 0) is 0 Å². The van der Waals surface area contributed by atoms with E-state index in [-0.39, 0.29) is 5.75 Å². The van der Waals surface area contributed by atoms with Gasteiger partial charge in [0.05, 0.1) is 5.56 Å². The van der Waals surface area contributed by atoms with Crippen LogP contribution in [0.25, 0.3) is 5.82 Å². The zero-order valence-electron chi connectivity index (χ0n) is 12.6. The SMILES string of the molecule is O=C(Nc1ccc(OC(F)(F)F)cc1)c1ccc(-n2cccn2)nc1. The zero-order valence-corrected chi connectivity index (χ0v) is 12.6. The lowest BCUT2D eigenvalue weighted by molar-refractivity contribution is -0.274. The Morgan fingerprint density at radius 3 is 2.44 bits per heavy atom. The van der Waals surface area contributed by atoms with Crippen LogP contribution in [0.15, 0.2) is 61.1 Å². The molecule has 6 nitrogen and oxygen atoms in total. The molecule has 0 spiro atoms. The molecule has 0 aliphatic heterocycles. The molecule has 0 aliphatic rings. The molecule has 1 N–H and O–H groups in total. The lowest BCUT2D eigenvalue weighted by atomic mass is 10.2. The fourth-order valence-electron chi connectivity index (χ4n) is 2.00. The van der Waals surface area contributed by atoms with Gasteiger partial charge in [0.1, 0.15) is 5.75 Å². The van der Waals surface area contributed by atoms with E-state index >= 15 is 0 Å². The highest BCUT2D eigenvalue weighted by molar-refractivity contribution is 6.04. The predicted molar refractivity (Wildman–Crippen MR) is 82.4 cm³/mol. The maximum atomic E-state index is 12.1. The molecular formula is C16H11F3N4O2. The Bertz CT molecular complexity index is 845. The fraction of sp³-hybridized carbons (Fsp3) is 0.0625. The molecule has 9 heteroatoms. The van der Waals surface area contributed by atoms with Gasteiger partial charge in [-0.15, -0.1) is 13.2 Å². The number of carbonyl (C=O) groups is 1. The van der Waals surface area contributed by atoms with Crippen LogP contribution in [-0.4, -0.2) is 27.0 Å². The zero-order chi connectivity index (χ0) is 17.9. The minimum atomic E-state index is -4.76. The highest BCUT2D eigenvalue weighted by Gasteiger charge is 2.30. The maximum absolute atomic E-state index is 12.1. The first-order chi connectivity index (χ1) is 11.9. The lowest BCUT2D eigenvalue weighted by Gasteiger charge is -2.10. The van der Waals surface area contributed by atoms with Crippen molar-refractivity contribution in [3.63, 3.8) is 0 Å². The summed E-state index contributed by atoms with van der Waals surface area (Å²) in [4.78, 5) is 16.3. The van der Waals surface area contributed by atoms with Gasteiger partial charge >= 0.3 is 6.36 Å². The van der Waals surface area contributed by atoms with E-state index in [4.69, 9.17) is 0 Å². The van der Waals surface area contributed by atoms with Gasteiger partial charge in [-0.2, -0.15) is 5.10 Å². The summed E-state index contributed by atoms with van der Waals surface area (Å²) >= 11 is 0. The second-order valence-electron chi connectivity index (χ2n) is 4.88.